The van der Waals surface area contributed by atoms with Crippen LogP contribution in [0.3, 0.4) is 0 Å². The molecule has 0 radical (unpaired) electrons. The first-order valence-corrected chi connectivity index (χ1v) is 10.0. The summed E-state index contributed by atoms with van der Waals surface area (Å²) in [5.41, 5.74) is 4.63. The van der Waals surface area contributed by atoms with E-state index in [9.17, 15) is 0 Å². The zero-order valence-electron chi connectivity index (χ0n) is 15.9. The molecule has 2 aliphatic rings. The molecule has 6 heteroatoms. The summed E-state index contributed by atoms with van der Waals surface area (Å²) >= 11 is 0. The van der Waals surface area contributed by atoms with Gasteiger partial charge in [0.1, 0.15) is 5.82 Å². The number of nitrogens with zero attached hydrogens (tertiary/aromatic N) is 5. The summed E-state index contributed by atoms with van der Waals surface area (Å²) in [6, 6.07) is 6.75. The average Bonchev–Trinajstić information content (AvgIpc) is 3.42. The molecule has 2 fully saturated rings. The molecular formula is C21H26N6. The molecule has 0 bridgehead atoms. The highest BCUT2D eigenvalue weighted by atomic mass is 15.3. The van der Waals surface area contributed by atoms with E-state index in [1.807, 2.05) is 12.4 Å². The van der Waals surface area contributed by atoms with Gasteiger partial charge in [0.25, 0.3) is 0 Å². The highest BCUT2D eigenvalue weighted by molar-refractivity contribution is 5.75. The minimum atomic E-state index is 0.343. The monoisotopic (exact) mass is 362 g/mol. The summed E-state index contributed by atoms with van der Waals surface area (Å²) in [6.07, 6.45) is 8.84. The number of rotatable bonds is 4. The largest absolute Gasteiger partial charge is 0.341 e. The van der Waals surface area contributed by atoms with Gasteiger partial charge in [-0.15, -0.1) is 0 Å². The van der Waals surface area contributed by atoms with Crippen LogP contribution >= 0.6 is 0 Å². The van der Waals surface area contributed by atoms with Crippen molar-refractivity contribution in [2.75, 3.05) is 24.5 Å². The van der Waals surface area contributed by atoms with Gasteiger partial charge in [-0.1, -0.05) is 6.07 Å². The van der Waals surface area contributed by atoms with Crippen molar-refractivity contribution in [2.45, 2.75) is 45.2 Å². The second-order valence-electron chi connectivity index (χ2n) is 7.86. The van der Waals surface area contributed by atoms with Crippen molar-refractivity contribution in [3.05, 3.63) is 47.5 Å². The van der Waals surface area contributed by atoms with Crippen LogP contribution in [0.4, 0.5) is 5.95 Å². The minimum absolute atomic E-state index is 0.343. The second kappa shape index (κ2) is 6.93. The van der Waals surface area contributed by atoms with Crippen molar-refractivity contribution >= 4 is 17.0 Å². The fourth-order valence-corrected chi connectivity index (χ4v) is 4.37. The predicted molar refractivity (Wildman–Crippen MR) is 107 cm³/mol. The van der Waals surface area contributed by atoms with Crippen molar-refractivity contribution in [3.8, 4) is 0 Å². The lowest BCUT2D eigenvalue weighted by Crippen LogP contribution is -2.24. The third-order valence-electron chi connectivity index (χ3n) is 5.80. The van der Waals surface area contributed by atoms with Crippen molar-refractivity contribution in [3.63, 3.8) is 0 Å². The van der Waals surface area contributed by atoms with E-state index in [4.69, 9.17) is 4.98 Å². The Morgan fingerprint density at radius 1 is 1.07 bits per heavy atom. The van der Waals surface area contributed by atoms with Crippen LogP contribution < -0.4 is 4.90 Å². The number of likely N-dealkylation sites (tertiary alicyclic amines) is 1. The number of anilines is 1. The zero-order valence-corrected chi connectivity index (χ0v) is 15.9. The molecule has 2 aliphatic heterocycles. The average molecular weight is 362 g/mol. The van der Waals surface area contributed by atoms with Crippen LogP contribution in [0.1, 0.15) is 48.7 Å². The normalized spacial score (nSPS) is 20.8. The van der Waals surface area contributed by atoms with E-state index in [-0.39, 0.29) is 0 Å². The van der Waals surface area contributed by atoms with Gasteiger partial charge in [-0.05, 0) is 56.8 Å². The SMILES string of the molecule is Cc1ccc2nc([C@H]3CCCN3Cc3cnc(N4CCCC4)nc3)[nH]c2c1. The van der Waals surface area contributed by atoms with E-state index in [1.54, 1.807) is 0 Å². The molecule has 2 saturated heterocycles. The third kappa shape index (κ3) is 3.30. The summed E-state index contributed by atoms with van der Waals surface area (Å²) < 4.78 is 0. The van der Waals surface area contributed by atoms with Crippen LogP contribution in [-0.4, -0.2) is 44.5 Å². The molecule has 1 N–H and O–H groups in total. The number of hydrogen-bond acceptors (Lipinski definition) is 5. The highest BCUT2D eigenvalue weighted by Crippen LogP contribution is 2.32. The molecule has 0 amide bonds. The number of imidazole rings is 1. The maximum atomic E-state index is 4.86. The highest BCUT2D eigenvalue weighted by Gasteiger charge is 2.28. The molecule has 2 aromatic heterocycles. The number of benzene rings is 1. The van der Waals surface area contributed by atoms with E-state index in [2.05, 4.69) is 49.9 Å². The third-order valence-corrected chi connectivity index (χ3v) is 5.80. The van der Waals surface area contributed by atoms with Crippen LogP contribution in [0, 0.1) is 6.92 Å². The number of H-pyrrole nitrogens is 1. The first kappa shape index (κ1) is 16.7. The van der Waals surface area contributed by atoms with Gasteiger partial charge in [0, 0.05) is 37.6 Å². The van der Waals surface area contributed by atoms with Crippen LogP contribution in [0.15, 0.2) is 30.6 Å². The van der Waals surface area contributed by atoms with E-state index < -0.39 is 0 Å². The molecule has 1 aromatic carbocycles. The van der Waals surface area contributed by atoms with Gasteiger partial charge < -0.3 is 9.88 Å². The van der Waals surface area contributed by atoms with Gasteiger partial charge in [0.15, 0.2) is 0 Å². The summed E-state index contributed by atoms with van der Waals surface area (Å²) in [4.78, 5) is 22.4. The van der Waals surface area contributed by atoms with Gasteiger partial charge in [-0.25, -0.2) is 15.0 Å². The molecule has 1 atom stereocenters. The first-order chi connectivity index (χ1) is 13.3. The van der Waals surface area contributed by atoms with Gasteiger partial charge in [0.2, 0.25) is 5.95 Å². The van der Waals surface area contributed by atoms with E-state index in [0.717, 1.165) is 55.4 Å². The topological polar surface area (TPSA) is 60.9 Å². The Balaban J connectivity index is 1.33. The number of nitrogens with one attached hydrogen (secondary N) is 1. The lowest BCUT2D eigenvalue weighted by molar-refractivity contribution is 0.240. The Bertz CT molecular complexity index is 925. The van der Waals surface area contributed by atoms with Gasteiger partial charge >= 0.3 is 0 Å². The van der Waals surface area contributed by atoms with E-state index in [0.29, 0.717) is 6.04 Å². The van der Waals surface area contributed by atoms with E-state index >= 15 is 0 Å². The Kier molecular flexibility index (Phi) is 4.28. The first-order valence-electron chi connectivity index (χ1n) is 10.0. The molecule has 3 aromatic rings. The number of hydrogen-bond donors (Lipinski definition) is 1. The van der Waals surface area contributed by atoms with Crippen molar-refractivity contribution < 1.29 is 0 Å². The maximum Gasteiger partial charge on any atom is 0.225 e. The quantitative estimate of drug-likeness (QED) is 0.768. The summed E-state index contributed by atoms with van der Waals surface area (Å²) in [5.74, 6) is 1.96. The fraction of sp³-hybridized carbons (Fsp3) is 0.476. The lowest BCUT2D eigenvalue weighted by atomic mass is 10.2. The molecule has 0 aliphatic carbocycles. The molecule has 6 nitrogen and oxygen atoms in total. The van der Waals surface area contributed by atoms with E-state index in [1.165, 1.54) is 30.4 Å². The minimum Gasteiger partial charge on any atom is -0.341 e. The molecule has 27 heavy (non-hydrogen) atoms. The standard InChI is InChI=1S/C21H26N6/c1-15-6-7-17-18(11-15)25-20(24-17)19-5-4-10-27(19)14-16-12-22-21(23-13-16)26-8-2-3-9-26/h6-7,11-13,19H,2-5,8-10,14H2,1H3,(H,24,25)/t19-/m1/s1. The Hall–Kier alpha value is -2.47. The second-order valence-corrected chi connectivity index (χ2v) is 7.86. The van der Waals surface area contributed by atoms with Gasteiger partial charge in [-0.2, -0.15) is 0 Å². The molecular weight excluding hydrogens is 336 g/mol. The fourth-order valence-electron chi connectivity index (χ4n) is 4.37. The number of aromatic amines is 1. The van der Waals surface area contributed by atoms with Gasteiger partial charge in [-0.3, -0.25) is 4.90 Å². The van der Waals surface area contributed by atoms with Crippen LogP contribution in [0.25, 0.3) is 11.0 Å². The molecule has 5 rings (SSSR count). The molecule has 4 heterocycles. The lowest BCUT2D eigenvalue weighted by Gasteiger charge is -2.23. The molecule has 0 unspecified atom stereocenters. The predicted octanol–water partition coefficient (Wildman–Crippen LogP) is 3.60. The van der Waals surface area contributed by atoms with Crippen molar-refractivity contribution in [2.24, 2.45) is 0 Å². The zero-order chi connectivity index (χ0) is 18.2. The Labute approximate surface area is 159 Å². The Morgan fingerprint density at radius 2 is 1.89 bits per heavy atom. The Morgan fingerprint density at radius 3 is 2.70 bits per heavy atom. The smallest absolute Gasteiger partial charge is 0.225 e. The molecule has 0 saturated carbocycles. The molecule has 0 spiro atoms. The van der Waals surface area contributed by atoms with Gasteiger partial charge in [0.05, 0.1) is 17.1 Å². The summed E-state index contributed by atoms with van der Waals surface area (Å²) in [6.45, 7) is 6.25. The number of fused-ring (bicyclic) bond motifs is 1. The summed E-state index contributed by atoms with van der Waals surface area (Å²) in [7, 11) is 0. The van der Waals surface area contributed by atoms with Crippen LogP contribution in [0.2, 0.25) is 0 Å². The number of aromatic nitrogens is 4. The van der Waals surface area contributed by atoms with Crippen molar-refractivity contribution in [1.82, 2.24) is 24.8 Å². The van der Waals surface area contributed by atoms with Crippen LogP contribution in [-0.2, 0) is 6.54 Å². The number of aryl methyl sites for hydroxylation is 1. The molecule has 140 valence electrons. The van der Waals surface area contributed by atoms with Crippen LogP contribution in [0.5, 0.6) is 0 Å². The summed E-state index contributed by atoms with van der Waals surface area (Å²) in [5, 5.41) is 0. The maximum absolute atomic E-state index is 4.86. The van der Waals surface area contributed by atoms with Crippen molar-refractivity contribution in [1.29, 1.82) is 0 Å².